The van der Waals surface area contributed by atoms with E-state index in [1.54, 1.807) is 0 Å². The molecule has 1 rings (SSSR count). The van der Waals surface area contributed by atoms with E-state index < -0.39 is 0 Å². The Hall–Kier alpha value is -0.570. The molecule has 3 nitrogen and oxygen atoms in total. The van der Waals surface area contributed by atoms with Gasteiger partial charge >= 0.3 is 6.09 Å². The minimum absolute atomic E-state index is 0.109. The summed E-state index contributed by atoms with van der Waals surface area (Å²) in [5, 5.41) is 0. The minimum Gasteiger partial charge on any atom is -0.414 e. The standard InChI is InChI=1S/C11H22NO2/c1-11(2,3)14-10(13)12(4,5)9-7-6-8-9/h9H,6-8H2,1-5H3/q+1. The Kier molecular flexibility index (Phi) is 2.91. The van der Waals surface area contributed by atoms with Crippen molar-refractivity contribution in [2.75, 3.05) is 14.1 Å². The van der Waals surface area contributed by atoms with Crippen molar-refractivity contribution in [3.05, 3.63) is 0 Å². The number of carbonyl (C=O) groups excluding carboxylic acids is 1. The Morgan fingerprint density at radius 2 is 1.79 bits per heavy atom. The molecule has 0 aliphatic heterocycles. The third-order valence-electron chi connectivity index (χ3n) is 2.85. The molecule has 0 aromatic rings. The van der Waals surface area contributed by atoms with Crippen LogP contribution in [0, 0.1) is 0 Å². The van der Waals surface area contributed by atoms with Crippen molar-refractivity contribution in [2.24, 2.45) is 0 Å². The summed E-state index contributed by atoms with van der Waals surface area (Å²) in [6.45, 7) is 5.73. The van der Waals surface area contributed by atoms with Crippen LogP contribution >= 0.6 is 0 Å². The van der Waals surface area contributed by atoms with Crippen LogP contribution in [0.5, 0.6) is 0 Å². The van der Waals surface area contributed by atoms with E-state index >= 15 is 0 Å². The minimum atomic E-state index is -0.379. The molecule has 1 saturated carbocycles. The predicted molar refractivity (Wildman–Crippen MR) is 56.0 cm³/mol. The smallest absolute Gasteiger partial charge is 0.414 e. The van der Waals surface area contributed by atoms with Crippen molar-refractivity contribution >= 4 is 6.09 Å². The molecule has 0 spiro atoms. The average Bonchev–Trinajstić information content (AvgIpc) is 1.76. The highest BCUT2D eigenvalue weighted by Gasteiger charge is 2.42. The van der Waals surface area contributed by atoms with Crippen molar-refractivity contribution in [2.45, 2.75) is 51.7 Å². The second-order valence-electron chi connectivity index (χ2n) is 5.60. The first kappa shape index (κ1) is 11.5. The van der Waals surface area contributed by atoms with Crippen LogP contribution in [0.15, 0.2) is 0 Å². The zero-order valence-corrected chi connectivity index (χ0v) is 9.96. The molecule has 1 aliphatic rings. The van der Waals surface area contributed by atoms with Crippen LogP contribution in [0.25, 0.3) is 0 Å². The molecule has 0 bridgehead atoms. The van der Waals surface area contributed by atoms with Crippen molar-refractivity contribution in [3.8, 4) is 0 Å². The van der Waals surface area contributed by atoms with Crippen molar-refractivity contribution in [1.82, 2.24) is 0 Å². The number of nitrogens with zero attached hydrogens (tertiary/aromatic N) is 1. The van der Waals surface area contributed by atoms with Gasteiger partial charge < -0.3 is 4.74 Å². The summed E-state index contributed by atoms with van der Waals surface area (Å²) in [6.07, 6.45) is 3.43. The van der Waals surface area contributed by atoms with Gasteiger partial charge in [-0.1, -0.05) is 0 Å². The highest BCUT2D eigenvalue weighted by Crippen LogP contribution is 2.29. The molecular formula is C11H22NO2+. The first-order chi connectivity index (χ1) is 6.23. The van der Waals surface area contributed by atoms with Gasteiger partial charge in [-0.2, -0.15) is 4.79 Å². The first-order valence-electron chi connectivity index (χ1n) is 5.31. The lowest BCUT2D eigenvalue weighted by Crippen LogP contribution is -2.57. The molecule has 1 aliphatic carbocycles. The van der Waals surface area contributed by atoms with E-state index in [9.17, 15) is 4.79 Å². The first-order valence-corrected chi connectivity index (χ1v) is 5.31. The van der Waals surface area contributed by atoms with Crippen LogP contribution in [0.4, 0.5) is 4.79 Å². The van der Waals surface area contributed by atoms with Crippen LogP contribution in [0.3, 0.4) is 0 Å². The molecule has 1 fully saturated rings. The van der Waals surface area contributed by atoms with Gasteiger partial charge in [0.15, 0.2) is 0 Å². The summed E-state index contributed by atoms with van der Waals surface area (Å²) in [5.74, 6) is 0. The lowest BCUT2D eigenvalue weighted by molar-refractivity contribution is -0.851. The SMILES string of the molecule is CC(C)(C)OC(=O)[N+](C)(C)C1CCC1. The summed E-state index contributed by atoms with van der Waals surface area (Å²) in [6, 6.07) is 0.463. The second kappa shape index (κ2) is 3.54. The van der Waals surface area contributed by atoms with E-state index in [0.29, 0.717) is 10.5 Å². The van der Waals surface area contributed by atoms with Crippen LogP contribution in [-0.2, 0) is 4.74 Å². The molecule has 0 aromatic heterocycles. The second-order valence-corrected chi connectivity index (χ2v) is 5.60. The van der Waals surface area contributed by atoms with Crippen LogP contribution in [0.1, 0.15) is 40.0 Å². The number of carbonyl (C=O) groups is 1. The Morgan fingerprint density at radius 1 is 1.29 bits per heavy atom. The van der Waals surface area contributed by atoms with Crippen molar-refractivity contribution in [1.29, 1.82) is 0 Å². The Labute approximate surface area is 86.6 Å². The predicted octanol–water partition coefficient (Wildman–Crippen LogP) is 2.55. The van der Waals surface area contributed by atoms with E-state index in [1.165, 1.54) is 6.42 Å². The van der Waals surface area contributed by atoms with Crippen LogP contribution in [0.2, 0.25) is 0 Å². The van der Waals surface area contributed by atoms with Gasteiger partial charge in [0.1, 0.15) is 5.60 Å². The normalized spacial score (nSPS) is 18.9. The number of amides is 1. The van der Waals surface area contributed by atoms with Gasteiger partial charge in [-0.25, -0.2) is 4.48 Å². The van der Waals surface area contributed by atoms with E-state index in [1.807, 2.05) is 34.9 Å². The zero-order chi connectivity index (χ0) is 11.0. The summed E-state index contributed by atoms with van der Waals surface area (Å²) < 4.78 is 5.76. The fourth-order valence-corrected chi connectivity index (χ4v) is 1.56. The fraction of sp³-hybridized carbons (Fsp3) is 0.909. The van der Waals surface area contributed by atoms with E-state index in [4.69, 9.17) is 4.74 Å². The van der Waals surface area contributed by atoms with Gasteiger partial charge in [0.2, 0.25) is 0 Å². The van der Waals surface area contributed by atoms with Crippen molar-refractivity contribution in [3.63, 3.8) is 0 Å². The van der Waals surface area contributed by atoms with Crippen LogP contribution in [-0.4, -0.2) is 36.3 Å². The van der Waals surface area contributed by atoms with Gasteiger partial charge in [-0.05, 0) is 27.2 Å². The maximum absolute atomic E-state index is 11.9. The zero-order valence-electron chi connectivity index (χ0n) is 9.96. The molecule has 14 heavy (non-hydrogen) atoms. The molecule has 0 unspecified atom stereocenters. The number of ether oxygens (including phenoxy) is 1. The van der Waals surface area contributed by atoms with Gasteiger partial charge in [-0.15, -0.1) is 0 Å². The molecule has 0 heterocycles. The van der Waals surface area contributed by atoms with Gasteiger partial charge in [0.05, 0.1) is 20.1 Å². The molecule has 3 heteroatoms. The fourth-order valence-electron chi connectivity index (χ4n) is 1.56. The van der Waals surface area contributed by atoms with E-state index in [-0.39, 0.29) is 11.7 Å². The van der Waals surface area contributed by atoms with Crippen molar-refractivity contribution < 1.29 is 14.0 Å². The maximum Gasteiger partial charge on any atom is 0.516 e. The molecule has 0 saturated heterocycles. The molecule has 0 aromatic carbocycles. The van der Waals surface area contributed by atoms with E-state index in [0.717, 1.165) is 12.8 Å². The summed E-state index contributed by atoms with van der Waals surface area (Å²) in [4.78, 5) is 11.9. The third-order valence-corrected chi connectivity index (χ3v) is 2.85. The molecule has 0 atom stereocenters. The maximum atomic E-state index is 11.9. The largest absolute Gasteiger partial charge is 0.516 e. The average molecular weight is 200 g/mol. The molecule has 0 N–H and O–H groups in total. The van der Waals surface area contributed by atoms with Gasteiger partial charge in [0.25, 0.3) is 0 Å². The lowest BCUT2D eigenvalue weighted by atomic mass is 9.90. The van der Waals surface area contributed by atoms with E-state index in [2.05, 4.69) is 0 Å². The number of hydrogen-bond donors (Lipinski definition) is 0. The molecule has 82 valence electrons. The molecule has 0 radical (unpaired) electrons. The topological polar surface area (TPSA) is 26.3 Å². The summed E-state index contributed by atoms with van der Waals surface area (Å²) in [5.41, 5.74) is -0.379. The summed E-state index contributed by atoms with van der Waals surface area (Å²) in [7, 11) is 3.88. The lowest BCUT2D eigenvalue weighted by Gasteiger charge is -2.40. The number of hydrogen-bond acceptors (Lipinski definition) is 2. The Bertz CT molecular complexity index is 224. The Balaban J connectivity index is 2.58. The highest BCUT2D eigenvalue weighted by atomic mass is 16.6. The highest BCUT2D eigenvalue weighted by molar-refractivity contribution is 5.60. The number of rotatable bonds is 1. The third kappa shape index (κ3) is 2.47. The summed E-state index contributed by atoms with van der Waals surface area (Å²) >= 11 is 0. The van der Waals surface area contributed by atoms with Gasteiger partial charge in [-0.3, -0.25) is 0 Å². The molecular weight excluding hydrogens is 178 g/mol. The van der Waals surface area contributed by atoms with Gasteiger partial charge in [0, 0.05) is 12.8 Å². The number of quaternary nitrogens is 1. The van der Waals surface area contributed by atoms with Crippen LogP contribution < -0.4 is 0 Å². The molecule has 1 amide bonds. The quantitative estimate of drug-likeness (QED) is 0.608. The monoisotopic (exact) mass is 200 g/mol. The Morgan fingerprint density at radius 3 is 2.07 bits per heavy atom.